The van der Waals surface area contributed by atoms with E-state index in [9.17, 15) is 19.2 Å². The molecule has 1 aromatic rings. The van der Waals surface area contributed by atoms with Gasteiger partial charge in [0.15, 0.2) is 0 Å². The van der Waals surface area contributed by atoms with Crippen molar-refractivity contribution in [3.8, 4) is 0 Å². The molecule has 0 aliphatic carbocycles. The second-order valence-electron chi connectivity index (χ2n) is 15.4. The van der Waals surface area contributed by atoms with Crippen LogP contribution in [0.5, 0.6) is 0 Å². The largest absolute Gasteiger partial charge is 0.462 e. The van der Waals surface area contributed by atoms with Gasteiger partial charge in [-0.2, -0.15) is 0 Å². The van der Waals surface area contributed by atoms with Crippen LogP contribution in [0.25, 0.3) is 0 Å². The summed E-state index contributed by atoms with van der Waals surface area (Å²) in [7, 11) is 0. The lowest BCUT2D eigenvalue weighted by atomic mass is 9.95. The maximum atomic E-state index is 13.8. The van der Waals surface area contributed by atoms with Crippen LogP contribution in [0, 0.1) is 23.7 Å². The molecule has 0 spiro atoms. The normalized spacial score (nSPS) is 11.4. The van der Waals surface area contributed by atoms with Crippen LogP contribution in [0.2, 0.25) is 0 Å². The SMILES string of the molecule is CC(C)CCCCCOC(=O)c1ccc(C(=O)OCCCCCC(C)C)c(C(=O)OCCCCCC(C)C)c1C(=O)OCCCCCC(C)C. The van der Waals surface area contributed by atoms with Crippen molar-refractivity contribution in [1.82, 2.24) is 0 Å². The molecule has 286 valence electrons. The summed E-state index contributed by atoms with van der Waals surface area (Å²) in [6, 6.07) is 2.73. The van der Waals surface area contributed by atoms with Crippen molar-refractivity contribution in [2.24, 2.45) is 23.7 Å². The maximum Gasteiger partial charge on any atom is 0.339 e. The zero-order chi connectivity index (χ0) is 37.3. The minimum Gasteiger partial charge on any atom is -0.462 e. The molecule has 0 heterocycles. The van der Waals surface area contributed by atoms with Crippen molar-refractivity contribution in [2.75, 3.05) is 26.4 Å². The minimum atomic E-state index is -0.857. The van der Waals surface area contributed by atoms with E-state index < -0.39 is 23.9 Å². The highest BCUT2D eigenvalue weighted by molar-refractivity contribution is 6.15. The topological polar surface area (TPSA) is 105 Å². The molecule has 0 fully saturated rings. The highest BCUT2D eigenvalue weighted by Crippen LogP contribution is 2.25. The molecule has 0 atom stereocenters. The third-order valence-corrected chi connectivity index (χ3v) is 8.69. The Morgan fingerprint density at radius 3 is 0.860 bits per heavy atom. The number of carbonyl (C=O) groups excluding carboxylic acids is 4. The van der Waals surface area contributed by atoms with E-state index in [-0.39, 0.29) is 48.7 Å². The van der Waals surface area contributed by atoms with Crippen LogP contribution in [0.3, 0.4) is 0 Å². The van der Waals surface area contributed by atoms with E-state index in [0.29, 0.717) is 49.4 Å². The highest BCUT2D eigenvalue weighted by atomic mass is 16.5. The first-order chi connectivity index (χ1) is 23.8. The summed E-state index contributed by atoms with van der Waals surface area (Å²) < 4.78 is 22.5. The van der Waals surface area contributed by atoms with E-state index in [0.717, 1.165) is 77.0 Å². The summed E-state index contributed by atoms with van der Waals surface area (Å²) >= 11 is 0. The van der Waals surface area contributed by atoms with Gasteiger partial charge in [-0.25, -0.2) is 19.2 Å². The second-order valence-corrected chi connectivity index (χ2v) is 15.4. The number of esters is 4. The summed E-state index contributed by atoms with van der Waals surface area (Å²) in [4.78, 5) is 54.4. The first-order valence-corrected chi connectivity index (χ1v) is 19.7. The van der Waals surface area contributed by atoms with E-state index in [1.807, 2.05) is 0 Å². The molecule has 0 aromatic heterocycles. The van der Waals surface area contributed by atoms with E-state index in [1.54, 1.807) is 0 Å². The fraction of sp³-hybridized carbons (Fsp3) is 0.762. The van der Waals surface area contributed by atoms with Gasteiger partial charge in [0.1, 0.15) is 0 Å². The van der Waals surface area contributed by atoms with E-state index in [1.165, 1.54) is 12.1 Å². The summed E-state index contributed by atoms with van der Waals surface area (Å²) in [5.41, 5.74) is -0.835. The van der Waals surface area contributed by atoms with E-state index in [2.05, 4.69) is 55.4 Å². The average Bonchev–Trinajstić information content (AvgIpc) is 3.05. The van der Waals surface area contributed by atoms with Gasteiger partial charge in [-0.1, -0.05) is 132 Å². The van der Waals surface area contributed by atoms with E-state index in [4.69, 9.17) is 18.9 Å². The predicted molar refractivity (Wildman–Crippen MR) is 201 cm³/mol. The molecule has 0 aliphatic rings. The Hall–Kier alpha value is -2.90. The molecule has 8 heteroatoms. The Balaban J connectivity index is 3.32. The average molecular weight is 703 g/mol. The van der Waals surface area contributed by atoms with Gasteiger partial charge in [-0.15, -0.1) is 0 Å². The van der Waals surface area contributed by atoms with Crippen LogP contribution < -0.4 is 0 Å². The Labute approximate surface area is 304 Å². The molecule has 0 saturated heterocycles. The van der Waals surface area contributed by atoms with Crippen molar-refractivity contribution in [2.45, 2.75) is 158 Å². The van der Waals surface area contributed by atoms with Crippen LogP contribution in [0.4, 0.5) is 0 Å². The van der Waals surface area contributed by atoms with Gasteiger partial charge < -0.3 is 18.9 Å². The van der Waals surface area contributed by atoms with Crippen molar-refractivity contribution in [3.05, 3.63) is 34.4 Å². The second kappa shape index (κ2) is 26.8. The number of benzene rings is 1. The Morgan fingerprint density at radius 2 is 0.620 bits per heavy atom. The lowest BCUT2D eigenvalue weighted by Gasteiger charge is -2.17. The summed E-state index contributed by atoms with van der Waals surface area (Å²) in [5, 5.41) is 0. The fourth-order valence-electron chi connectivity index (χ4n) is 5.65. The Bertz CT molecular complexity index is 1030. The number of carbonyl (C=O) groups is 4. The molecule has 0 saturated carbocycles. The first kappa shape index (κ1) is 45.1. The number of ether oxygens (including phenoxy) is 4. The minimum absolute atomic E-state index is 0.119. The molecule has 1 rings (SSSR count). The third kappa shape index (κ3) is 20.1. The molecule has 1 aromatic carbocycles. The number of hydrogen-bond acceptors (Lipinski definition) is 8. The smallest absolute Gasteiger partial charge is 0.339 e. The van der Waals surface area contributed by atoms with Gasteiger partial charge in [0, 0.05) is 0 Å². The van der Waals surface area contributed by atoms with Crippen LogP contribution in [-0.2, 0) is 18.9 Å². The molecule has 0 unspecified atom stereocenters. The van der Waals surface area contributed by atoms with Gasteiger partial charge in [0.2, 0.25) is 0 Å². The maximum absolute atomic E-state index is 13.8. The highest BCUT2D eigenvalue weighted by Gasteiger charge is 2.33. The van der Waals surface area contributed by atoms with Crippen molar-refractivity contribution < 1.29 is 38.1 Å². The standard InChI is InChI=1S/C42H70O8/c1-31(2)21-13-9-17-27-47-39(43)35-25-26-36(40(44)48-28-18-10-14-22-32(3)4)38(42(46)50-30-20-12-16-24-34(7)8)37(35)41(45)49-29-19-11-15-23-33(5)6/h25-26,31-34H,9-24,27-30H2,1-8H3. The van der Waals surface area contributed by atoms with Gasteiger partial charge in [0.05, 0.1) is 48.7 Å². The molecular weight excluding hydrogens is 632 g/mol. The predicted octanol–water partition coefficient (Wildman–Crippen LogP) is 11.2. The molecule has 0 aliphatic heterocycles. The van der Waals surface area contributed by atoms with Crippen LogP contribution in [0.15, 0.2) is 12.1 Å². The van der Waals surface area contributed by atoms with Crippen LogP contribution in [0.1, 0.15) is 200 Å². The van der Waals surface area contributed by atoms with Crippen molar-refractivity contribution in [3.63, 3.8) is 0 Å². The number of rotatable bonds is 28. The summed E-state index contributed by atoms with van der Waals surface area (Å²) in [6.07, 6.45) is 14.7. The lowest BCUT2D eigenvalue weighted by Crippen LogP contribution is -2.24. The van der Waals surface area contributed by atoms with Gasteiger partial charge in [0.25, 0.3) is 0 Å². The van der Waals surface area contributed by atoms with Crippen molar-refractivity contribution >= 4 is 23.9 Å². The van der Waals surface area contributed by atoms with Crippen LogP contribution >= 0.6 is 0 Å². The Morgan fingerprint density at radius 1 is 0.380 bits per heavy atom. The lowest BCUT2D eigenvalue weighted by molar-refractivity contribution is 0.0415. The molecule has 0 N–H and O–H groups in total. The first-order valence-electron chi connectivity index (χ1n) is 19.7. The zero-order valence-corrected chi connectivity index (χ0v) is 32.9. The third-order valence-electron chi connectivity index (χ3n) is 8.69. The van der Waals surface area contributed by atoms with Crippen molar-refractivity contribution in [1.29, 1.82) is 0 Å². The van der Waals surface area contributed by atoms with Gasteiger partial charge in [-0.05, 0) is 61.5 Å². The molecule has 0 bridgehead atoms. The molecule has 8 nitrogen and oxygen atoms in total. The fourth-order valence-corrected chi connectivity index (χ4v) is 5.65. The number of unbranched alkanes of at least 4 members (excludes halogenated alkanes) is 8. The van der Waals surface area contributed by atoms with Gasteiger partial charge in [-0.3, -0.25) is 0 Å². The Kier molecular flexibility index (Phi) is 24.2. The summed E-state index contributed by atoms with van der Waals surface area (Å²) in [5.74, 6) is -0.810. The molecule has 0 radical (unpaired) electrons. The molecular formula is C42H70O8. The quantitative estimate of drug-likeness (QED) is 0.0482. The molecule has 0 amide bonds. The number of hydrogen-bond donors (Lipinski definition) is 0. The monoisotopic (exact) mass is 703 g/mol. The molecule has 50 heavy (non-hydrogen) atoms. The van der Waals surface area contributed by atoms with Gasteiger partial charge >= 0.3 is 23.9 Å². The zero-order valence-electron chi connectivity index (χ0n) is 32.9. The van der Waals surface area contributed by atoms with E-state index >= 15 is 0 Å². The summed E-state index contributed by atoms with van der Waals surface area (Å²) in [6.45, 7) is 18.0. The van der Waals surface area contributed by atoms with Crippen LogP contribution in [-0.4, -0.2) is 50.3 Å².